The van der Waals surface area contributed by atoms with E-state index in [1.807, 2.05) is 26.0 Å². The van der Waals surface area contributed by atoms with Crippen LogP contribution in [0, 0.1) is 17.8 Å². The summed E-state index contributed by atoms with van der Waals surface area (Å²) in [4.78, 5) is 13.8. The summed E-state index contributed by atoms with van der Waals surface area (Å²) in [5.74, 6) is -1.51. The summed E-state index contributed by atoms with van der Waals surface area (Å²) in [6.07, 6.45) is 15.0. The van der Waals surface area contributed by atoms with Crippen LogP contribution in [0.15, 0.2) is 58.7 Å². The van der Waals surface area contributed by atoms with Gasteiger partial charge in [-0.2, -0.15) is 0 Å². The summed E-state index contributed by atoms with van der Waals surface area (Å²) in [7, 11) is 0. The molecule has 0 radical (unpaired) electrons. The molecule has 3 heterocycles. The Kier molecular flexibility index (Phi) is 9.66. The second-order valence-electron chi connectivity index (χ2n) is 13.0. The fraction of sp³-hybridized carbons (Fsp3) is 0.676. The van der Waals surface area contributed by atoms with Crippen LogP contribution in [0.3, 0.4) is 0 Å². The van der Waals surface area contributed by atoms with Gasteiger partial charge in [-0.05, 0) is 82.4 Å². The van der Waals surface area contributed by atoms with E-state index in [2.05, 4.69) is 45.9 Å². The quantitative estimate of drug-likeness (QED) is 0.285. The summed E-state index contributed by atoms with van der Waals surface area (Å²) in [5.41, 5.74) is 2.25. The van der Waals surface area contributed by atoms with Crippen LogP contribution in [-0.2, 0) is 19.0 Å². The van der Waals surface area contributed by atoms with Crippen molar-refractivity contribution in [3.63, 3.8) is 0 Å². The van der Waals surface area contributed by atoms with Crippen LogP contribution >= 0.6 is 0 Å². The van der Waals surface area contributed by atoms with Crippen molar-refractivity contribution in [2.24, 2.45) is 17.8 Å². The number of allylic oxidation sites excluding steroid dienone is 5. The highest BCUT2D eigenvalue weighted by atomic mass is 16.7. The first kappa shape index (κ1) is 31.0. The number of carbonyl (C=O) groups is 1. The zero-order chi connectivity index (χ0) is 29.2. The summed E-state index contributed by atoms with van der Waals surface area (Å²) in [6.45, 7) is 14.3. The maximum Gasteiger partial charge on any atom is 0.316 e. The van der Waals surface area contributed by atoms with Gasteiger partial charge in [0.1, 0.15) is 17.6 Å². The lowest BCUT2D eigenvalue weighted by molar-refractivity contribution is -0.329. The van der Waals surface area contributed by atoms with Crippen LogP contribution in [0.4, 0.5) is 0 Å². The molecule has 2 saturated heterocycles. The van der Waals surface area contributed by atoms with E-state index in [0.717, 1.165) is 25.7 Å². The van der Waals surface area contributed by atoms with E-state index in [4.69, 9.17) is 14.2 Å². The van der Waals surface area contributed by atoms with E-state index < -0.39 is 35.5 Å². The van der Waals surface area contributed by atoms with Crippen molar-refractivity contribution in [3.05, 3.63) is 58.7 Å². The van der Waals surface area contributed by atoms with Crippen molar-refractivity contribution in [2.45, 2.75) is 129 Å². The lowest BCUT2D eigenvalue weighted by atomic mass is 9.71. The molecule has 1 unspecified atom stereocenters. The topological polar surface area (TPSA) is 85.2 Å². The summed E-state index contributed by atoms with van der Waals surface area (Å²) in [5, 5.41) is 22.5. The fourth-order valence-electron chi connectivity index (χ4n) is 6.83. The molecular weight excluding hydrogens is 504 g/mol. The van der Waals surface area contributed by atoms with Gasteiger partial charge in [0, 0.05) is 25.7 Å². The molecule has 0 saturated carbocycles. The van der Waals surface area contributed by atoms with Crippen molar-refractivity contribution >= 4 is 5.97 Å². The van der Waals surface area contributed by atoms with Gasteiger partial charge in [-0.25, -0.2) is 0 Å². The maximum absolute atomic E-state index is 13.8. The highest BCUT2D eigenvalue weighted by Gasteiger charge is 2.51. The molecule has 6 nitrogen and oxygen atoms in total. The molecule has 1 aliphatic carbocycles. The Morgan fingerprint density at radius 3 is 2.60 bits per heavy atom. The van der Waals surface area contributed by atoms with E-state index in [1.54, 1.807) is 13.0 Å². The lowest BCUT2D eigenvalue weighted by Gasteiger charge is -2.50. The van der Waals surface area contributed by atoms with Crippen LogP contribution < -0.4 is 0 Å². The summed E-state index contributed by atoms with van der Waals surface area (Å²) < 4.78 is 19.7. The molecule has 3 aliphatic heterocycles. The minimum Gasteiger partial charge on any atom is -0.462 e. The normalized spacial score (nSPS) is 45.3. The monoisotopic (exact) mass is 554 g/mol. The minimum absolute atomic E-state index is 0.0417. The van der Waals surface area contributed by atoms with Crippen LogP contribution in [-0.4, -0.2) is 52.0 Å². The third kappa shape index (κ3) is 6.73. The van der Waals surface area contributed by atoms with Crippen LogP contribution in [0.1, 0.15) is 93.4 Å². The average molecular weight is 555 g/mol. The number of rotatable bonds is 1. The first-order valence-electron chi connectivity index (χ1n) is 15.1. The molecule has 1 spiro atoms. The van der Waals surface area contributed by atoms with Gasteiger partial charge in [-0.1, -0.05) is 55.9 Å². The summed E-state index contributed by atoms with van der Waals surface area (Å²) >= 11 is 0. The van der Waals surface area contributed by atoms with Crippen molar-refractivity contribution in [1.82, 2.24) is 0 Å². The van der Waals surface area contributed by atoms with Gasteiger partial charge in [0.25, 0.3) is 0 Å². The molecule has 2 N–H and O–H groups in total. The number of aliphatic hydroxyl groups excluding tert-OH is 1. The highest BCUT2D eigenvalue weighted by Crippen LogP contribution is 2.45. The molecule has 6 heteroatoms. The molecule has 40 heavy (non-hydrogen) atoms. The number of hydrogen-bond acceptors (Lipinski definition) is 6. The molecule has 2 bridgehead atoms. The minimum atomic E-state index is -1.54. The third-order valence-electron chi connectivity index (χ3n) is 9.54. The van der Waals surface area contributed by atoms with E-state index in [0.29, 0.717) is 35.8 Å². The first-order chi connectivity index (χ1) is 18.9. The lowest BCUT2D eigenvalue weighted by Crippen LogP contribution is -2.55. The highest BCUT2D eigenvalue weighted by molar-refractivity contribution is 5.78. The molecule has 4 aliphatic rings. The smallest absolute Gasteiger partial charge is 0.316 e. The second kappa shape index (κ2) is 12.5. The molecule has 0 aromatic carbocycles. The number of hydrogen-bond donors (Lipinski definition) is 2. The Balaban J connectivity index is 1.71. The molecular formula is C34H50O6. The van der Waals surface area contributed by atoms with Crippen molar-refractivity contribution in [3.8, 4) is 0 Å². The number of aliphatic hydroxyl groups is 2. The molecule has 9 atom stereocenters. The van der Waals surface area contributed by atoms with Crippen molar-refractivity contribution in [2.75, 3.05) is 0 Å². The van der Waals surface area contributed by atoms with E-state index in [1.165, 1.54) is 11.1 Å². The number of carbonyl (C=O) groups excluding carboxylic acids is 1. The van der Waals surface area contributed by atoms with Gasteiger partial charge in [-0.3, -0.25) is 4.79 Å². The summed E-state index contributed by atoms with van der Waals surface area (Å²) in [6, 6.07) is 0. The van der Waals surface area contributed by atoms with Crippen LogP contribution in [0.25, 0.3) is 0 Å². The fourth-order valence-corrected chi connectivity index (χ4v) is 6.83. The average Bonchev–Trinajstić information content (AvgIpc) is 2.90. The van der Waals surface area contributed by atoms with Crippen LogP contribution in [0.2, 0.25) is 0 Å². The zero-order valence-electron chi connectivity index (χ0n) is 25.5. The van der Waals surface area contributed by atoms with Crippen LogP contribution in [0.5, 0.6) is 0 Å². The largest absolute Gasteiger partial charge is 0.462 e. The predicted octanol–water partition coefficient (Wildman–Crippen LogP) is 6.49. The van der Waals surface area contributed by atoms with Gasteiger partial charge in [0.15, 0.2) is 5.79 Å². The van der Waals surface area contributed by atoms with Gasteiger partial charge in [0.2, 0.25) is 0 Å². The molecule has 2 fully saturated rings. The first-order valence-corrected chi connectivity index (χ1v) is 15.1. The molecule has 0 aromatic heterocycles. The Morgan fingerprint density at radius 1 is 1.12 bits per heavy atom. The second-order valence-corrected chi connectivity index (χ2v) is 13.0. The molecule has 222 valence electrons. The van der Waals surface area contributed by atoms with E-state index >= 15 is 0 Å². The van der Waals surface area contributed by atoms with Gasteiger partial charge in [0.05, 0.1) is 18.3 Å². The van der Waals surface area contributed by atoms with Crippen molar-refractivity contribution in [1.29, 1.82) is 0 Å². The van der Waals surface area contributed by atoms with E-state index in [9.17, 15) is 15.0 Å². The number of esters is 1. The molecule has 0 aromatic rings. The third-order valence-corrected chi connectivity index (χ3v) is 9.54. The SMILES string of the molecule is C/C=C(\C)[C@H]1O[C@]2(CC[C@@H]1C)C[C@@H]1C[C@@H](C/C=C(\C)C[C@@H](C)/C=C/C=C(\C)[C@]3(O)CC(O)C(C)=C[C@H]3C(=O)O1)O2. The standard InChI is InChI=1S/C34H50O6/c1-8-23(4)31-24(5)14-15-33(40-31)19-28-18-27(39-33)13-12-22(3)16-21(2)10-9-11-26(7)34(37)20-30(35)25(6)17-29(34)32(36)38-28/h8-12,17,21,24,27-31,35,37H,13-16,18-20H2,1-7H3/b10-9+,22-12+,23-8+,26-11+/t21-,24-,27+,28-,29-,30?,31+,33+,34+/m0/s1. The number of ether oxygens (including phenoxy) is 3. The van der Waals surface area contributed by atoms with E-state index in [-0.39, 0.29) is 18.6 Å². The maximum atomic E-state index is 13.8. The molecule has 4 rings (SSSR count). The Morgan fingerprint density at radius 2 is 1.88 bits per heavy atom. The van der Waals surface area contributed by atoms with Gasteiger partial charge >= 0.3 is 5.97 Å². The Labute approximate surface area is 240 Å². The van der Waals surface area contributed by atoms with Gasteiger partial charge in [-0.15, -0.1) is 0 Å². The molecule has 0 amide bonds. The van der Waals surface area contributed by atoms with Gasteiger partial charge < -0.3 is 24.4 Å². The van der Waals surface area contributed by atoms with Crippen molar-refractivity contribution < 1.29 is 29.2 Å². The predicted molar refractivity (Wildman–Crippen MR) is 157 cm³/mol. The Hall–Kier alpha value is -1.99. The Bertz CT molecular complexity index is 1100. The zero-order valence-corrected chi connectivity index (χ0v) is 25.5. The number of fused-ring (bicyclic) bond motifs is 3.